The first-order chi connectivity index (χ1) is 14.5. The number of thiophene rings is 1. The molecule has 2 amide bonds. The van der Waals surface area contributed by atoms with Crippen molar-refractivity contribution < 1.29 is 9.59 Å². The van der Waals surface area contributed by atoms with Crippen LogP contribution in [0.2, 0.25) is 0 Å². The standard InChI is InChI=1S/C23H22N4O2S/c1-16(27(2)15-21(28)26-23-19(14-24)11-12-30-23)18-9-6-10-20(13-18)25-22(29)17-7-4-3-5-8-17/h3-13,16H,15H2,1-2H3,(H,25,29)(H,26,28)/t16-/m0/s1. The zero-order valence-electron chi connectivity index (χ0n) is 16.8. The molecule has 0 spiro atoms. The van der Waals surface area contributed by atoms with Gasteiger partial charge in [-0.2, -0.15) is 5.26 Å². The van der Waals surface area contributed by atoms with Gasteiger partial charge in [-0.1, -0.05) is 30.3 Å². The number of anilines is 2. The summed E-state index contributed by atoms with van der Waals surface area (Å²) in [7, 11) is 1.86. The summed E-state index contributed by atoms with van der Waals surface area (Å²) in [6.45, 7) is 2.17. The Morgan fingerprint density at radius 3 is 2.60 bits per heavy atom. The molecule has 0 fully saturated rings. The first kappa shape index (κ1) is 21.2. The van der Waals surface area contributed by atoms with Crippen LogP contribution >= 0.6 is 11.3 Å². The van der Waals surface area contributed by atoms with Gasteiger partial charge in [0.15, 0.2) is 0 Å². The number of benzene rings is 2. The van der Waals surface area contributed by atoms with E-state index in [2.05, 4.69) is 16.7 Å². The number of hydrogen-bond donors (Lipinski definition) is 2. The van der Waals surface area contributed by atoms with Gasteiger partial charge < -0.3 is 10.6 Å². The third kappa shape index (κ3) is 5.32. The fraction of sp³-hybridized carbons (Fsp3) is 0.174. The van der Waals surface area contributed by atoms with Crippen LogP contribution < -0.4 is 10.6 Å². The van der Waals surface area contributed by atoms with E-state index in [0.29, 0.717) is 21.8 Å². The largest absolute Gasteiger partial charge is 0.322 e. The van der Waals surface area contributed by atoms with Crippen molar-refractivity contribution in [2.45, 2.75) is 13.0 Å². The molecule has 3 aromatic rings. The summed E-state index contributed by atoms with van der Waals surface area (Å²) in [6.07, 6.45) is 0. The topological polar surface area (TPSA) is 85.2 Å². The van der Waals surface area contributed by atoms with Crippen molar-refractivity contribution in [2.75, 3.05) is 24.2 Å². The summed E-state index contributed by atoms with van der Waals surface area (Å²) in [4.78, 5) is 26.7. The van der Waals surface area contributed by atoms with Gasteiger partial charge in [-0.25, -0.2) is 0 Å². The predicted molar refractivity (Wildman–Crippen MR) is 120 cm³/mol. The number of nitrogens with zero attached hydrogens (tertiary/aromatic N) is 2. The van der Waals surface area contributed by atoms with Gasteiger partial charge in [0.05, 0.1) is 12.1 Å². The van der Waals surface area contributed by atoms with Crippen molar-refractivity contribution in [1.82, 2.24) is 4.90 Å². The van der Waals surface area contributed by atoms with Crippen molar-refractivity contribution >= 4 is 33.8 Å². The third-order valence-corrected chi connectivity index (χ3v) is 5.59. The second kappa shape index (κ2) is 9.83. The molecule has 0 saturated carbocycles. The maximum absolute atomic E-state index is 12.4. The second-order valence-corrected chi connectivity index (χ2v) is 7.78. The van der Waals surface area contributed by atoms with E-state index in [-0.39, 0.29) is 24.4 Å². The summed E-state index contributed by atoms with van der Waals surface area (Å²) < 4.78 is 0. The lowest BCUT2D eigenvalue weighted by Crippen LogP contribution is -2.32. The fourth-order valence-electron chi connectivity index (χ4n) is 2.95. The molecule has 3 rings (SSSR count). The Kier molecular flexibility index (Phi) is 6.96. The van der Waals surface area contributed by atoms with Gasteiger partial charge in [0, 0.05) is 17.3 Å². The third-order valence-electron chi connectivity index (χ3n) is 4.76. The van der Waals surface area contributed by atoms with Crippen LogP contribution in [0.3, 0.4) is 0 Å². The highest BCUT2D eigenvalue weighted by Crippen LogP contribution is 2.24. The Bertz CT molecular complexity index is 1070. The smallest absolute Gasteiger partial charge is 0.255 e. The molecule has 30 heavy (non-hydrogen) atoms. The van der Waals surface area contributed by atoms with E-state index in [4.69, 9.17) is 5.26 Å². The Morgan fingerprint density at radius 1 is 1.10 bits per heavy atom. The highest BCUT2D eigenvalue weighted by Gasteiger charge is 2.17. The lowest BCUT2D eigenvalue weighted by atomic mass is 10.1. The summed E-state index contributed by atoms with van der Waals surface area (Å²) in [5.74, 6) is -0.353. The second-order valence-electron chi connectivity index (χ2n) is 6.86. The molecule has 0 bridgehead atoms. The molecule has 0 aliphatic carbocycles. The summed E-state index contributed by atoms with van der Waals surface area (Å²) in [6, 6.07) is 20.3. The molecule has 6 nitrogen and oxygen atoms in total. The zero-order chi connectivity index (χ0) is 21.5. The summed E-state index contributed by atoms with van der Waals surface area (Å²) in [5.41, 5.74) is 2.73. The molecule has 1 heterocycles. The molecular formula is C23H22N4O2S. The van der Waals surface area contributed by atoms with Gasteiger partial charge in [-0.15, -0.1) is 11.3 Å². The molecule has 1 atom stereocenters. The first-order valence-corrected chi connectivity index (χ1v) is 10.3. The number of likely N-dealkylation sites (N-methyl/N-ethyl adjacent to an activating group) is 1. The SMILES string of the molecule is C[C@@H](c1cccc(NC(=O)c2ccccc2)c1)N(C)CC(=O)Nc1sccc1C#N. The Balaban J connectivity index is 1.62. The summed E-state index contributed by atoms with van der Waals surface area (Å²) in [5, 5.41) is 17.1. The van der Waals surface area contributed by atoms with Gasteiger partial charge in [-0.3, -0.25) is 14.5 Å². The van der Waals surface area contributed by atoms with E-state index in [1.54, 1.807) is 23.6 Å². The number of carbonyl (C=O) groups is 2. The molecule has 7 heteroatoms. The Hall–Kier alpha value is -3.47. The highest BCUT2D eigenvalue weighted by molar-refractivity contribution is 7.14. The van der Waals surface area contributed by atoms with Crippen LogP contribution in [0.15, 0.2) is 66.0 Å². The molecule has 0 unspecified atom stereocenters. The predicted octanol–water partition coefficient (Wildman–Crippen LogP) is 4.50. The number of nitrogens with one attached hydrogen (secondary N) is 2. The average Bonchev–Trinajstić information content (AvgIpc) is 3.20. The minimum atomic E-state index is -0.183. The molecule has 2 aromatic carbocycles. The van der Waals surface area contributed by atoms with E-state index < -0.39 is 0 Å². The normalized spacial score (nSPS) is 11.5. The van der Waals surface area contributed by atoms with Gasteiger partial charge >= 0.3 is 0 Å². The van der Waals surface area contributed by atoms with Crippen LogP contribution in [0.4, 0.5) is 10.7 Å². The number of nitriles is 1. The fourth-order valence-corrected chi connectivity index (χ4v) is 3.70. The lowest BCUT2D eigenvalue weighted by Gasteiger charge is -2.25. The molecule has 152 valence electrons. The minimum absolute atomic E-state index is 0.0527. The number of carbonyl (C=O) groups excluding carboxylic acids is 2. The van der Waals surface area contributed by atoms with Crippen molar-refractivity contribution in [3.63, 3.8) is 0 Å². The highest BCUT2D eigenvalue weighted by atomic mass is 32.1. The van der Waals surface area contributed by atoms with Gasteiger partial charge in [0.25, 0.3) is 5.91 Å². The molecule has 0 aliphatic rings. The van der Waals surface area contributed by atoms with E-state index in [9.17, 15) is 9.59 Å². The molecule has 1 aromatic heterocycles. The molecule has 0 aliphatic heterocycles. The van der Waals surface area contributed by atoms with E-state index in [0.717, 1.165) is 5.56 Å². The van der Waals surface area contributed by atoms with Crippen molar-refractivity contribution in [2.24, 2.45) is 0 Å². The molecule has 0 radical (unpaired) electrons. The zero-order valence-corrected chi connectivity index (χ0v) is 17.6. The van der Waals surface area contributed by atoms with Crippen molar-refractivity contribution in [1.29, 1.82) is 5.26 Å². The van der Waals surface area contributed by atoms with Crippen LogP contribution in [0.5, 0.6) is 0 Å². The Labute approximate surface area is 179 Å². The minimum Gasteiger partial charge on any atom is -0.322 e. The molecular weight excluding hydrogens is 396 g/mol. The van der Waals surface area contributed by atoms with Crippen LogP contribution in [-0.2, 0) is 4.79 Å². The lowest BCUT2D eigenvalue weighted by molar-refractivity contribution is -0.117. The van der Waals surface area contributed by atoms with Crippen LogP contribution in [0.25, 0.3) is 0 Å². The first-order valence-electron chi connectivity index (χ1n) is 9.42. The van der Waals surface area contributed by atoms with Crippen molar-refractivity contribution in [3.8, 4) is 6.07 Å². The molecule has 0 saturated heterocycles. The number of rotatable bonds is 7. The quantitative estimate of drug-likeness (QED) is 0.591. The van der Waals surface area contributed by atoms with Crippen molar-refractivity contribution in [3.05, 3.63) is 82.7 Å². The molecule has 2 N–H and O–H groups in total. The van der Waals surface area contributed by atoms with Crippen LogP contribution in [0, 0.1) is 11.3 Å². The van der Waals surface area contributed by atoms with Crippen LogP contribution in [-0.4, -0.2) is 30.3 Å². The number of amides is 2. The van der Waals surface area contributed by atoms with Gasteiger partial charge in [0.2, 0.25) is 5.91 Å². The van der Waals surface area contributed by atoms with E-state index in [1.165, 1.54) is 11.3 Å². The summed E-state index contributed by atoms with van der Waals surface area (Å²) >= 11 is 1.33. The number of hydrogen-bond acceptors (Lipinski definition) is 5. The monoisotopic (exact) mass is 418 g/mol. The average molecular weight is 419 g/mol. The van der Waals surface area contributed by atoms with E-state index in [1.807, 2.05) is 61.3 Å². The van der Waals surface area contributed by atoms with E-state index >= 15 is 0 Å². The van der Waals surface area contributed by atoms with Gasteiger partial charge in [0.1, 0.15) is 11.1 Å². The maximum atomic E-state index is 12.4. The Morgan fingerprint density at radius 2 is 1.87 bits per heavy atom. The maximum Gasteiger partial charge on any atom is 0.255 e. The van der Waals surface area contributed by atoms with Crippen LogP contribution in [0.1, 0.15) is 34.5 Å². The van der Waals surface area contributed by atoms with Gasteiger partial charge in [-0.05, 0) is 55.2 Å².